The molecule has 0 bridgehead atoms. The molecule has 0 aliphatic heterocycles. The minimum absolute atomic E-state index is 0.0224. The van der Waals surface area contributed by atoms with E-state index in [0.717, 1.165) is 17.4 Å². The third-order valence-corrected chi connectivity index (χ3v) is 5.23. The maximum absolute atomic E-state index is 12.8. The van der Waals surface area contributed by atoms with E-state index in [2.05, 4.69) is 21.5 Å². The Kier molecular flexibility index (Phi) is 4.34. The van der Waals surface area contributed by atoms with Crippen LogP contribution in [0, 0.1) is 0 Å². The van der Waals surface area contributed by atoms with Gasteiger partial charge in [-0.1, -0.05) is 42.1 Å². The summed E-state index contributed by atoms with van der Waals surface area (Å²) in [6.07, 6.45) is 1.91. The molecule has 0 atom stereocenters. The lowest BCUT2D eigenvalue weighted by Gasteiger charge is -2.02. The Morgan fingerprint density at radius 2 is 1.85 bits per heavy atom. The SMILES string of the molecule is CCn1cc(C(=O)CSc2nc3ccccc3c(=O)[nH]2)c2ccccc21. The minimum Gasteiger partial charge on any atom is -0.347 e. The second-order valence-electron chi connectivity index (χ2n) is 5.95. The van der Waals surface area contributed by atoms with Gasteiger partial charge in [0.05, 0.1) is 16.7 Å². The highest BCUT2D eigenvalue weighted by Gasteiger charge is 2.15. The Balaban J connectivity index is 1.61. The molecule has 4 rings (SSSR count). The van der Waals surface area contributed by atoms with E-state index in [4.69, 9.17) is 0 Å². The highest BCUT2D eigenvalue weighted by atomic mass is 32.2. The van der Waals surface area contributed by atoms with Crippen LogP contribution in [-0.4, -0.2) is 26.1 Å². The van der Waals surface area contributed by atoms with Gasteiger partial charge in [-0.25, -0.2) is 4.98 Å². The minimum atomic E-state index is -0.187. The van der Waals surface area contributed by atoms with Crippen molar-refractivity contribution in [1.29, 1.82) is 0 Å². The molecule has 0 aliphatic carbocycles. The average molecular weight is 363 g/mol. The lowest BCUT2D eigenvalue weighted by molar-refractivity contribution is 0.102. The van der Waals surface area contributed by atoms with Crippen molar-refractivity contribution in [3.63, 3.8) is 0 Å². The van der Waals surface area contributed by atoms with E-state index in [9.17, 15) is 9.59 Å². The van der Waals surface area contributed by atoms with Crippen LogP contribution in [0.5, 0.6) is 0 Å². The summed E-state index contributed by atoms with van der Waals surface area (Å²) in [7, 11) is 0. The lowest BCUT2D eigenvalue weighted by atomic mass is 10.1. The number of aromatic nitrogens is 3. The first kappa shape index (κ1) is 16.6. The van der Waals surface area contributed by atoms with Crippen molar-refractivity contribution in [2.45, 2.75) is 18.6 Å². The molecule has 0 fully saturated rings. The normalized spacial score (nSPS) is 11.3. The third-order valence-electron chi connectivity index (χ3n) is 4.36. The zero-order chi connectivity index (χ0) is 18.1. The van der Waals surface area contributed by atoms with Gasteiger partial charge < -0.3 is 9.55 Å². The number of thioether (sulfide) groups is 1. The molecule has 4 aromatic rings. The van der Waals surface area contributed by atoms with Gasteiger partial charge in [0.2, 0.25) is 0 Å². The zero-order valence-electron chi connectivity index (χ0n) is 14.2. The first-order chi connectivity index (χ1) is 12.7. The number of para-hydroxylation sites is 2. The van der Waals surface area contributed by atoms with E-state index in [1.54, 1.807) is 18.2 Å². The number of nitrogens with one attached hydrogen (secondary N) is 1. The van der Waals surface area contributed by atoms with Crippen molar-refractivity contribution in [3.8, 4) is 0 Å². The van der Waals surface area contributed by atoms with Crippen molar-refractivity contribution < 1.29 is 4.79 Å². The Bertz CT molecular complexity index is 1180. The van der Waals surface area contributed by atoms with E-state index in [0.29, 0.717) is 21.6 Å². The number of carbonyl (C=O) groups excluding carboxylic acids is 1. The van der Waals surface area contributed by atoms with Gasteiger partial charge in [-0.15, -0.1) is 0 Å². The molecule has 2 aromatic carbocycles. The number of ketones is 1. The maximum atomic E-state index is 12.8. The lowest BCUT2D eigenvalue weighted by Crippen LogP contribution is -2.10. The first-order valence-corrected chi connectivity index (χ1v) is 9.39. The third kappa shape index (κ3) is 2.93. The fourth-order valence-corrected chi connectivity index (χ4v) is 3.83. The number of benzene rings is 2. The summed E-state index contributed by atoms with van der Waals surface area (Å²) in [4.78, 5) is 32.1. The molecule has 0 saturated heterocycles. The second kappa shape index (κ2) is 6.80. The van der Waals surface area contributed by atoms with E-state index in [1.807, 2.05) is 36.5 Å². The number of hydrogen-bond donors (Lipinski definition) is 1. The molecule has 1 N–H and O–H groups in total. The molecule has 130 valence electrons. The van der Waals surface area contributed by atoms with Gasteiger partial charge in [0, 0.05) is 29.2 Å². The molecule has 0 aliphatic rings. The van der Waals surface area contributed by atoms with Gasteiger partial charge in [0.15, 0.2) is 10.9 Å². The molecule has 0 spiro atoms. The van der Waals surface area contributed by atoms with Crippen molar-refractivity contribution in [2.24, 2.45) is 0 Å². The van der Waals surface area contributed by atoms with Crippen LogP contribution < -0.4 is 5.56 Å². The summed E-state index contributed by atoms with van der Waals surface area (Å²) in [5.74, 6) is 0.244. The maximum Gasteiger partial charge on any atom is 0.259 e. The predicted molar refractivity (Wildman–Crippen MR) is 105 cm³/mol. The molecule has 26 heavy (non-hydrogen) atoms. The number of fused-ring (bicyclic) bond motifs is 2. The molecule has 0 amide bonds. The summed E-state index contributed by atoms with van der Waals surface area (Å²) in [5, 5.41) is 1.97. The Labute approximate surface area is 154 Å². The molecule has 2 heterocycles. The van der Waals surface area contributed by atoms with Gasteiger partial charge in [0.1, 0.15) is 0 Å². The zero-order valence-corrected chi connectivity index (χ0v) is 15.0. The molecule has 0 unspecified atom stereocenters. The van der Waals surface area contributed by atoms with Gasteiger partial charge in [-0.05, 0) is 25.1 Å². The summed E-state index contributed by atoms with van der Waals surface area (Å²) < 4.78 is 2.07. The van der Waals surface area contributed by atoms with Crippen LogP contribution in [-0.2, 0) is 6.54 Å². The number of aromatic amines is 1. The number of carbonyl (C=O) groups is 1. The predicted octanol–water partition coefficient (Wildman–Crippen LogP) is 3.87. The van der Waals surface area contributed by atoms with E-state index in [-0.39, 0.29) is 17.1 Å². The van der Waals surface area contributed by atoms with E-state index < -0.39 is 0 Å². The largest absolute Gasteiger partial charge is 0.347 e. The van der Waals surface area contributed by atoms with Crippen molar-refractivity contribution in [3.05, 3.63) is 70.6 Å². The highest BCUT2D eigenvalue weighted by Crippen LogP contribution is 2.24. The summed E-state index contributed by atoms with van der Waals surface area (Å²) in [6.45, 7) is 2.86. The van der Waals surface area contributed by atoms with Gasteiger partial charge >= 0.3 is 0 Å². The monoisotopic (exact) mass is 363 g/mol. The average Bonchev–Trinajstić information content (AvgIpc) is 3.05. The fraction of sp³-hybridized carbons (Fsp3) is 0.150. The van der Waals surface area contributed by atoms with E-state index >= 15 is 0 Å². The molecule has 5 nitrogen and oxygen atoms in total. The molecular weight excluding hydrogens is 346 g/mol. The second-order valence-corrected chi connectivity index (χ2v) is 6.91. The topological polar surface area (TPSA) is 67.8 Å². The molecule has 6 heteroatoms. The van der Waals surface area contributed by atoms with Crippen LogP contribution in [0.2, 0.25) is 0 Å². The van der Waals surface area contributed by atoms with Crippen molar-refractivity contribution in [1.82, 2.24) is 14.5 Å². The van der Waals surface area contributed by atoms with Crippen molar-refractivity contribution >= 4 is 39.4 Å². The standard InChI is InChI=1S/C20H17N3O2S/c1-2-23-11-15(13-7-4-6-10-17(13)23)18(24)12-26-20-21-16-9-5-3-8-14(16)19(25)22-20/h3-11H,2,12H2,1H3,(H,21,22,25). The quantitative estimate of drug-likeness (QED) is 0.332. The van der Waals surface area contributed by atoms with Crippen LogP contribution in [0.3, 0.4) is 0 Å². The number of nitrogens with zero attached hydrogens (tertiary/aromatic N) is 2. The van der Waals surface area contributed by atoms with Crippen LogP contribution in [0.1, 0.15) is 17.3 Å². The number of Topliss-reactive ketones (excluding diaryl/α,β-unsaturated/α-hetero) is 1. The fourth-order valence-electron chi connectivity index (χ4n) is 3.08. The first-order valence-electron chi connectivity index (χ1n) is 8.40. The Morgan fingerprint density at radius 3 is 2.65 bits per heavy atom. The molecule has 0 radical (unpaired) electrons. The summed E-state index contributed by atoms with van der Waals surface area (Å²) in [6, 6.07) is 15.1. The van der Waals surface area contributed by atoms with Crippen LogP contribution in [0.25, 0.3) is 21.8 Å². The van der Waals surface area contributed by atoms with Crippen molar-refractivity contribution in [2.75, 3.05) is 5.75 Å². The molecule has 0 saturated carbocycles. The van der Waals surface area contributed by atoms with Gasteiger partial charge in [-0.2, -0.15) is 0 Å². The number of hydrogen-bond acceptors (Lipinski definition) is 4. The number of rotatable bonds is 5. The van der Waals surface area contributed by atoms with Crippen LogP contribution in [0.15, 0.2) is 64.7 Å². The highest BCUT2D eigenvalue weighted by molar-refractivity contribution is 7.99. The molecule has 2 aromatic heterocycles. The van der Waals surface area contributed by atoms with Crippen LogP contribution >= 0.6 is 11.8 Å². The smallest absolute Gasteiger partial charge is 0.259 e. The van der Waals surface area contributed by atoms with Crippen LogP contribution in [0.4, 0.5) is 0 Å². The number of aryl methyl sites for hydroxylation is 1. The Hall–Kier alpha value is -2.86. The van der Waals surface area contributed by atoms with Gasteiger partial charge in [0.25, 0.3) is 5.56 Å². The van der Waals surface area contributed by atoms with Gasteiger partial charge in [-0.3, -0.25) is 9.59 Å². The van der Waals surface area contributed by atoms with E-state index in [1.165, 1.54) is 11.8 Å². The summed E-state index contributed by atoms with van der Waals surface area (Å²) in [5.41, 5.74) is 2.21. The summed E-state index contributed by atoms with van der Waals surface area (Å²) >= 11 is 1.25. The Morgan fingerprint density at radius 1 is 1.12 bits per heavy atom. The number of H-pyrrole nitrogens is 1. The molecular formula is C20H17N3O2S.